The molecule has 1 aromatic carbocycles. The topological polar surface area (TPSA) is 0 Å². The van der Waals surface area contributed by atoms with Crippen LogP contribution in [0.1, 0.15) is 46.2 Å². The van der Waals surface area contributed by atoms with E-state index in [4.69, 9.17) is 0 Å². The van der Waals surface area contributed by atoms with Crippen LogP contribution in [0.3, 0.4) is 0 Å². The molecule has 1 rings (SSSR count). The predicted molar refractivity (Wildman–Crippen MR) is 63.3 cm³/mol. The second kappa shape index (κ2) is 9.31. The Morgan fingerprint density at radius 2 is 1.00 bits per heavy atom. The first-order valence-corrected chi connectivity index (χ1v) is 4.94. The largest absolute Gasteiger partial charge is 0.0776 e. The summed E-state index contributed by atoms with van der Waals surface area (Å²) in [5.41, 5.74) is 2.86. The summed E-state index contributed by atoms with van der Waals surface area (Å²) in [6.07, 6.45) is 2.29. The Kier molecular flexibility index (Phi) is 10.5. The molecule has 0 unspecified atom stereocenters. The monoisotopic (exact) mass is 180 g/mol. The highest BCUT2D eigenvalue weighted by Gasteiger charge is 1.88. The Hall–Kier alpha value is -0.780. The van der Waals surface area contributed by atoms with Crippen molar-refractivity contribution in [3.05, 3.63) is 35.4 Å². The molecule has 0 radical (unpaired) electrons. The van der Waals surface area contributed by atoms with Crippen LogP contribution >= 0.6 is 0 Å². The molecular formula is C13H24. The first-order valence-electron chi connectivity index (χ1n) is 4.94. The molecule has 0 saturated heterocycles. The van der Waals surface area contributed by atoms with Gasteiger partial charge in [-0.25, -0.2) is 0 Å². The van der Waals surface area contributed by atoms with Crippen molar-refractivity contribution in [3.8, 4) is 0 Å². The van der Waals surface area contributed by atoms with Crippen molar-refractivity contribution >= 4 is 0 Å². The van der Waals surface area contributed by atoms with Crippen molar-refractivity contribution in [2.45, 2.75) is 48.0 Å². The smallest absolute Gasteiger partial charge is 0.0307 e. The first-order chi connectivity index (χ1) is 5.86. The van der Waals surface area contributed by atoms with Crippen LogP contribution in [0.5, 0.6) is 0 Å². The lowest BCUT2D eigenvalue weighted by molar-refractivity contribution is 1.10. The zero-order valence-electron chi connectivity index (χ0n) is 8.72. The molecule has 0 heterocycles. The third kappa shape index (κ3) is 5.46. The van der Waals surface area contributed by atoms with Crippen molar-refractivity contribution in [2.24, 2.45) is 0 Å². The van der Waals surface area contributed by atoms with Crippen molar-refractivity contribution in [2.75, 3.05) is 0 Å². The van der Waals surface area contributed by atoms with E-state index in [1.807, 2.05) is 13.8 Å². The summed E-state index contributed by atoms with van der Waals surface area (Å²) in [5, 5.41) is 0. The van der Waals surface area contributed by atoms with Crippen LogP contribution in [0.15, 0.2) is 24.3 Å². The lowest BCUT2D eigenvalue weighted by atomic mass is 10.1. The van der Waals surface area contributed by atoms with Gasteiger partial charge in [0.25, 0.3) is 0 Å². The summed E-state index contributed by atoms with van der Waals surface area (Å²) in [4.78, 5) is 0. The van der Waals surface area contributed by atoms with Gasteiger partial charge in [0.05, 0.1) is 0 Å². The minimum atomic E-state index is 0. The first kappa shape index (κ1) is 14.7. The Morgan fingerprint density at radius 3 is 1.15 bits per heavy atom. The fourth-order valence-corrected chi connectivity index (χ4v) is 1.01. The van der Waals surface area contributed by atoms with Gasteiger partial charge in [0.15, 0.2) is 0 Å². The lowest BCUT2D eigenvalue weighted by Crippen LogP contribution is -1.81. The second-order valence-corrected chi connectivity index (χ2v) is 2.52. The van der Waals surface area contributed by atoms with Crippen LogP contribution in [0, 0.1) is 0 Å². The summed E-state index contributed by atoms with van der Waals surface area (Å²) < 4.78 is 0. The Bertz CT molecular complexity index is 161. The van der Waals surface area contributed by atoms with Gasteiger partial charge in [-0.05, 0) is 24.0 Å². The molecule has 13 heavy (non-hydrogen) atoms. The number of benzene rings is 1. The summed E-state index contributed by atoms with van der Waals surface area (Å²) in [7, 11) is 0. The molecule has 1 aromatic rings. The molecule has 0 nitrogen and oxygen atoms in total. The molecule has 0 N–H and O–H groups in total. The van der Waals surface area contributed by atoms with E-state index in [1.54, 1.807) is 0 Å². The average molecular weight is 180 g/mol. The van der Waals surface area contributed by atoms with Crippen molar-refractivity contribution < 1.29 is 0 Å². The lowest BCUT2D eigenvalue weighted by Gasteiger charge is -1.97. The Labute approximate surface area is 84.0 Å². The molecule has 0 aliphatic heterocycles. The maximum Gasteiger partial charge on any atom is -0.0307 e. The summed E-state index contributed by atoms with van der Waals surface area (Å²) in [5.74, 6) is 0. The van der Waals surface area contributed by atoms with Crippen LogP contribution < -0.4 is 0 Å². The molecule has 0 aromatic heterocycles. The van der Waals surface area contributed by atoms with Crippen molar-refractivity contribution in [1.82, 2.24) is 0 Å². The van der Waals surface area contributed by atoms with E-state index in [9.17, 15) is 0 Å². The fourth-order valence-electron chi connectivity index (χ4n) is 1.01. The summed E-state index contributed by atoms with van der Waals surface area (Å²) >= 11 is 0. The zero-order valence-corrected chi connectivity index (χ0v) is 8.72. The number of aryl methyl sites for hydroxylation is 2. The van der Waals surface area contributed by atoms with Crippen LogP contribution in [0.25, 0.3) is 0 Å². The molecule has 0 spiro atoms. The number of hydrogen-bond donors (Lipinski definition) is 0. The predicted octanol–water partition coefficient (Wildman–Crippen LogP) is 4.47. The van der Waals surface area contributed by atoms with Gasteiger partial charge in [-0.15, -0.1) is 0 Å². The van der Waals surface area contributed by atoms with Gasteiger partial charge < -0.3 is 0 Å². The highest BCUT2D eigenvalue weighted by Crippen LogP contribution is 2.04. The standard InChI is InChI=1S/C10H14.C2H6.CH4/c1-3-9-5-7-10(4-2)8-6-9;1-2;/h5-8H,3-4H2,1-2H3;1-2H3;1H4. The van der Waals surface area contributed by atoms with Gasteiger partial charge in [-0.1, -0.05) is 59.4 Å². The van der Waals surface area contributed by atoms with E-state index < -0.39 is 0 Å². The maximum absolute atomic E-state index is 2.21. The third-order valence-electron chi connectivity index (χ3n) is 1.84. The molecule has 0 fully saturated rings. The third-order valence-corrected chi connectivity index (χ3v) is 1.84. The Balaban J connectivity index is 0. The van der Waals surface area contributed by atoms with Crippen molar-refractivity contribution in [3.63, 3.8) is 0 Å². The van der Waals surface area contributed by atoms with Gasteiger partial charge in [0.2, 0.25) is 0 Å². The fraction of sp³-hybridized carbons (Fsp3) is 0.538. The molecule has 0 aliphatic rings. The van der Waals surface area contributed by atoms with Gasteiger partial charge in [0, 0.05) is 0 Å². The molecule has 0 heteroatoms. The summed E-state index contributed by atoms with van der Waals surface area (Å²) in [6.45, 7) is 8.36. The van der Waals surface area contributed by atoms with Gasteiger partial charge in [-0.2, -0.15) is 0 Å². The number of hydrogen-bond acceptors (Lipinski definition) is 0. The summed E-state index contributed by atoms with van der Waals surface area (Å²) in [6, 6.07) is 8.83. The molecule has 0 saturated carbocycles. The molecule has 0 bridgehead atoms. The van der Waals surface area contributed by atoms with E-state index in [2.05, 4.69) is 38.1 Å². The van der Waals surface area contributed by atoms with E-state index in [1.165, 1.54) is 11.1 Å². The van der Waals surface area contributed by atoms with Gasteiger partial charge in [0.1, 0.15) is 0 Å². The highest BCUT2D eigenvalue weighted by atomic mass is 13.9. The molecule has 0 aliphatic carbocycles. The van der Waals surface area contributed by atoms with E-state index in [-0.39, 0.29) is 7.43 Å². The Morgan fingerprint density at radius 1 is 0.769 bits per heavy atom. The second-order valence-electron chi connectivity index (χ2n) is 2.52. The minimum absolute atomic E-state index is 0. The average Bonchev–Trinajstić information content (AvgIpc) is 2.21. The van der Waals surface area contributed by atoms with Crippen LogP contribution in [-0.2, 0) is 12.8 Å². The number of rotatable bonds is 2. The SMILES string of the molecule is C.CC.CCc1ccc(CC)cc1. The van der Waals surface area contributed by atoms with E-state index >= 15 is 0 Å². The van der Waals surface area contributed by atoms with Crippen LogP contribution in [-0.4, -0.2) is 0 Å². The van der Waals surface area contributed by atoms with Gasteiger partial charge in [-0.3, -0.25) is 0 Å². The maximum atomic E-state index is 2.21. The van der Waals surface area contributed by atoms with Gasteiger partial charge >= 0.3 is 0 Å². The highest BCUT2D eigenvalue weighted by molar-refractivity contribution is 5.22. The molecule has 0 amide bonds. The van der Waals surface area contributed by atoms with E-state index in [0.717, 1.165) is 12.8 Å². The zero-order chi connectivity index (χ0) is 9.40. The normalized spacial score (nSPS) is 8.00. The van der Waals surface area contributed by atoms with Crippen LogP contribution in [0.2, 0.25) is 0 Å². The minimum Gasteiger partial charge on any atom is -0.0776 e. The van der Waals surface area contributed by atoms with E-state index in [0.29, 0.717) is 0 Å². The molecule has 0 atom stereocenters. The van der Waals surface area contributed by atoms with Crippen LogP contribution in [0.4, 0.5) is 0 Å². The molecule has 76 valence electrons. The molecular weight excluding hydrogens is 156 g/mol. The van der Waals surface area contributed by atoms with Crippen molar-refractivity contribution in [1.29, 1.82) is 0 Å². The quantitative estimate of drug-likeness (QED) is 0.629.